The molecule has 0 spiro atoms. The van der Waals surface area contributed by atoms with Gasteiger partial charge in [-0.3, -0.25) is 4.79 Å². The lowest BCUT2D eigenvalue weighted by atomic mass is 9.70. The lowest BCUT2D eigenvalue weighted by Crippen LogP contribution is -2.57. The molecule has 1 atom stereocenters. The molecule has 2 aromatic carbocycles. The monoisotopic (exact) mass is 475 g/mol. The van der Waals surface area contributed by atoms with Crippen molar-refractivity contribution in [2.75, 3.05) is 17.7 Å². The van der Waals surface area contributed by atoms with E-state index in [-0.39, 0.29) is 11.8 Å². The Balaban J connectivity index is 1.61. The molecule has 5 rings (SSSR count). The smallest absolute Gasteiger partial charge is 0.228 e. The van der Waals surface area contributed by atoms with Crippen molar-refractivity contribution in [1.29, 1.82) is 0 Å². The topological polar surface area (TPSA) is 62.4 Å². The van der Waals surface area contributed by atoms with Gasteiger partial charge in [0.05, 0.1) is 24.4 Å². The summed E-state index contributed by atoms with van der Waals surface area (Å²) >= 11 is 0. The summed E-state index contributed by atoms with van der Waals surface area (Å²) in [4.78, 5) is 14.3. The van der Waals surface area contributed by atoms with Crippen LogP contribution in [0.2, 0.25) is 0 Å². The number of hydrogen-bond donors (Lipinski definition) is 3. The van der Waals surface area contributed by atoms with Crippen LogP contribution in [0.3, 0.4) is 0 Å². The Kier molecular flexibility index (Phi) is 6.95. The van der Waals surface area contributed by atoms with Crippen LogP contribution in [0.4, 0.5) is 11.4 Å². The van der Waals surface area contributed by atoms with Gasteiger partial charge in [-0.1, -0.05) is 50.7 Å². The highest BCUT2D eigenvalue weighted by Crippen LogP contribution is 2.49. The van der Waals surface area contributed by atoms with Gasteiger partial charge in [0.25, 0.3) is 0 Å². The minimum absolute atomic E-state index is 0.197. The number of amides is 1. The van der Waals surface area contributed by atoms with Crippen LogP contribution in [0.25, 0.3) is 0 Å². The van der Waals surface area contributed by atoms with Gasteiger partial charge < -0.3 is 20.7 Å². The van der Waals surface area contributed by atoms with Gasteiger partial charge >= 0.3 is 0 Å². The standard InChI is InChI=1S/C30H41N3O2/c1-20-18-23(19-21(2)28(20)35-3)30(32-25-16-10-11-17-26(25)33-30)27(22-12-6-4-7-13-22)29(34)31-24-14-8-5-9-15-24/h10-11,16-19,22,24,27,32-33H,4-9,12-15H2,1-3H3,(H,31,34). The molecule has 35 heavy (non-hydrogen) atoms. The van der Waals surface area contributed by atoms with Crippen LogP contribution in [-0.2, 0) is 10.5 Å². The van der Waals surface area contributed by atoms with Crippen LogP contribution in [0.5, 0.6) is 5.75 Å². The SMILES string of the molecule is COc1c(C)cc(C2(C(C(=O)NC3CCCCC3)C3CCCCC3)Nc3ccccc3N2)cc1C. The van der Waals surface area contributed by atoms with Crippen molar-refractivity contribution in [1.82, 2.24) is 5.32 Å². The lowest BCUT2D eigenvalue weighted by molar-refractivity contribution is -0.130. The van der Waals surface area contributed by atoms with Crippen molar-refractivity contribution in [2.24, 2.45) is 11.8 Å². The van der Waals surface area contributed by atoms with Crippen molar-refractivity contribution in [3.8, 4) is 5.75 Å². The van der Waals surface area contributed by atoms with E-state index in [9.17, 15) is 4.79 Å². The van der Waals surface area contributed by atoms with Crippen molar-refractivity contribution >= 4 is 17.3 Å². The Morgan fingerprint density at radius 1 is 0.914 bits per heavy atom. The number of carbonyl (C=O) groups is 1. The van der Waals surface area contributed by atoms with Crippen molar-refractivity contribution in [3.05, 3.63) is 53.1 Å². The first kappa shape index (κ1) is 24.0. The van der Waals surface area contributed by atoms with E-state index in [1.807, 2.05) is 0 Å². The number of para-hydroxylation sites is 2. The summed E-state index contributed by atoms with van der Waals surface area (Å²) in [6.45, 7) is 4.20. The highest BCUT2D eigenvalue weighted by molar-refractivity contribution is 5.86. The first-order chi connectivity index (χ1) is 17.0. The quantitative estimate of drug-likeness (QED) is 0.438. The summed E-state index contributed by atoms with van der Waals surface area (Å²) in [5, 5.41) is 11.2. The van der Waals surface area contributed by atoms with Crippen LogP contribution in [0, 0.1) is 25.7 Å². The maximum Gasteiger partial charge on any atom is 0.228 e. The molecule has 5 heteroatoms. The third-order valence-corrected chi connectivity index (χ3v) is 8.53. The summed E-state index contributed by atoms with van der Waals surface area (Å²) in [6.07, 6.45) is 11.7. The number of methoxy groups -OCH3 is 1. The number of rotatable bonds is 6. The molecule has 0 bridgehead atoms. The minimum Gasteiger partial charge on any atom is -0.496 e. The summed E-state index contributed by atoms with van der Waals surface area (Å²) in [5.41, 5.74) is 4.72. The fourth-order valence-electron chi connectivity index (χ4n) is 6.91. The fraction of sp³-hybridized carbons (Fsp3) is 0.567. The van der Waals surface area contributed by atoms with Gasteiger partial charge in [-0.25, -0.2) is 0 Å². The molecule has 0 saturated heterocycles. The summed E-state index contributed by atoms with van der Waals surface area (Å²) in [5.74, 6) is 1.22. The molecule has 2 fully saturated rings. The molecule has 3 aliphatic rings. The number of fused-ring (bicyclic) bond motifs is 1. The van der Waals surface area contributed by atoms with Gasteiger partial charge in [-0.2, -0.15) is 0 Å². The van der Waals surface area contributed by atoms with E-state index in [1.54, 1.807) is 7.11 Å². The molecule has 0 radical (unpaired) electrons. The van der Waals surface area contributed by atoms with E-state index in [0.717, 1.165) is 59.5 Å². The van der Waals surface area contributed by atoms with E-state index >= 15 is 0 Å². The van der Waals surface area contributed by atoms with E-state index in [0.29, 0.717) is 12.0 Å². The average Bonchev–Trinajstić information content (AvgIpc) is 3.25. The highest BCUT2D eigenvalue weighted by Gasteiger charge is 2.52. The van der Waals surface area contributed by atoms with Crippen LogP contribution in [0.15, 0.2) is 36.4 Å². The van der Waals surface area contributed by atoms with Gasteiger partial charge in [0.1, 0.15) is 11.4 Å². The molecule has 1 aliphatic heterocycles. The van der Waals surface area contributed by atoms with Crippen LogP contribution < -0.4 is 20.7 Å². The second-order valence-corrected chi connectivity index (χ2v) is 11.0. The molecule has 1 unspecified atom stereocenters. The fourth-order valence-corrected chi connectivity index (χ4v) is 6.91. The number of benzene rings is 2. The Morgan fingerprint density at radius 2 is 1.46 bits per heavy atom. The van der Waals surface area contributed by atoms with E-state index in [1.165, 1.54) is 38.5 Å². The number of carbonyl (C=O) groups excluding carboxylic acids is 1. The third kappa shape index (κ3) is 4.62. The predicted octanol–water partition coefficient (Wildman–Crippen LogP) is 6.65. The van der Waals surface area contributed by atoms with Crippen LogP contribution >= 0.6 is 0 Å². The Hall–Kier alpha value is -2.69. The largest absolute Gasteiger partial charge is 0.496 e. The lowest BCUT2D eigenvalue weighted by Gasteiger charge is -2.44. The highest BCUT2D eigenvalue weighted by atomic mass is 16.5. The first-order valence-corrected chi connectivity index (χ1v) is 13.6. The number of aryl methyl sites for hydroxylation is 2. The van der Waals surface area contributed by atoms with Crippen LogP contribution in [0.1, 0.15) is 80.9 Å². The second-order valence-electron chi connectivity index (χ2n) is 11.0. The summed E-state index contributed by atoms with van der Waals surface area (Å²) in [7, 11) is 1.73. The van der Waals surface area contributed by atoms with E-state index in [2.05, 4.69) is 66.2 Å². The summed E-state index contributed by atoms with van der Waals surface area (Å²) in [6, 6.07) is 13.1. The molecule has 2 saturated carbocycles. The first-order valence-electron chi connectivity index (χ1n) is 13.6. The van der Waals surface area contributed by atoms with Crippen LogP contribution in [-0.4, -0.2) is 19.1 Å². The van der Waals surface area contributed by atoms with Crippen molar-refractivity contribution < 1.29 is 9.53 Å². The zero-order valence-corrected chi connectivity index (χ0v) is 21.6. The van der Waals surface area contributed by atoms with Gasteiger partial charge in [-0.15, -0.1) is 0 Å². The molecule has 2 aliphatic carbocycles. The van der Waals surface area contributed by atoms with E-state index < -0.39 is 5.66 Å². The maximum atomic E-state index is 14.3. The Bertz CT molecular complexity index is 1010. The van der Waals surface area contributed by atoms with Gasteiger partial charge in [-0.05, 0) is 86.4 Å². The number of nitrogens with one attached hydrogen (secondary N) is 3. The number of anilines is 2. The maximum absolute atomic E-state index is 14.3. The minimum atomic E-state index is -0.702. The number of hydrogen-bond acceptors (Lipinski definition) is 4. The average molecular weight is 476 g/mol. The van der Waals surface area contributed by atoms with E-state index in [4.69, 9.17) is 4.74 Å². The van der Waals surface area contributed by atoms with Gasteiger partial charge in [0.15, 0.2) is 0 Å². The molecular weight excluding hydrogens is 434 g/mol. The molecule has 188 valence electrons. The summed E-state index contributed by atoms with van der Waals surface area (Å²) < 4.78 is 5.69. The molecule has 2 aromatic rings. The zero-order chi connectivity index (χ0) is 24.4. The molecule has 1 heterocycles. The predicted molar refractivity (Wildman–Crippen MR) is 143 cm³/mol. The van der Waals surface area contributed by atoms with Gasteiger partial charge in [0.2, 0.25) is 5.91 Å². The Morgan fingerprint density at radius 3 is 2.00 bits per heavy atom. The number of ether oxygens (including phenoxy) is 1. The third-order valence-electron chi connectivity index (χ3n) is 8.53. The molecule has 0 aromatic heterocycles. The molecule has 5 nitrogen and oxygen atoms in total. The molecular formula is C30H41N3O2. The zero-order valence-electron chi connectivity index (χ0n) is 21.6. The van der Waals surface area contributed by atoms with Gasteiger partial charge in [0, 0.05) is 6.04 Å². The van der Waals surface area contributed by atoms with Crippen molar-refractivity contribution in [2.45, 2.75) is 89.8 Å². The van der Waals surface area contributed by atoms with Crippen molar-refractivity contribution in [3.63, 3.8) is 0 Å². The molecule has 3 N–H and O–H groups in total. The normalized spacial score (nSPS) is 20.9. The molecule has 1 amide bonds. The Labute approximate surface area is 210 Å². The second kappa shape index (κ2) is 10.1.